The highest BCUT2D eigenvalue weighted by atomic mass is 16.7. The molecule has 5 N–H and O–H groups in total. The molecule has 16 heavy (non-hydrogen) atoms. The third-order valence-electron chi connectivity index (χ3n) is 2.45. The van der Waals surface area contributed by atoms with Crippen LogP contribution in [-0.2, 0) is 4.79 Å². The fraction of sp³-hybridized carbons (Fsp3) is 0.300. The molecule has 86 valence electrons. The highest BCUT2D eigenvalue weighted by Crippen LogP contribution is 2.34. The normalized spacial score (nSPS) is 16.9. The van der Waals surface area contributed by atoms with Crippen LogP contribution in [-0.4, -0.2) is 23.9 Å². The van der Waals surface area contributed by atoms with Gasteiger partial charge in [-0.1, -0.05) is 6.07 Å². The molecule has 0 aliphatic carbocycles. The lowest BCUT2D eigenvalue weighted by Crippen LogP contribution is -2.40. The zero-order chi connectivity index (χ0) is 11.7. The number of carboxylic acids is 1. The van der Waals surface area contributed by atoms with Crippen molar-refractivity contribution in [3.8, 4) is 11.5 Å². The largest absolute Gasteiger partial charge is 0.480 e. The van der Waals surface area contributed by atoms with Gasteiger partial charge in [-0.15, -0.1) is 0 Å². The number of hydrogen-bond acceptors (Lipinski definition) is 5. The second kappa shape index (κ2) is 3.99. The Bertz CT molecular complexity index is 421. The van der Waals surface area contributed by atoms with E-state index in [0.29, 0.717) is 17.1 Å². The summed E-state index contributed by atoms with van der Waals surface area (Å²) in [5.41, 5.74) is 11.8. The molecule has 0 bridgehead atoms. The van der Waals surface area contributed by atoms with Gasteiger partial charge in [-0.2, -0.15) is 0 Å². The summed E-state index contributed by atoms with van der Waals surface area (Å²) in [5, 5.41) is 8.75. The number of hydrogen-bond donors (Lipinski definition) is 3. The number of aliphatic carboxylic acids is 1. The molecule has 0 aromatic heterocycles. The SMILES string of the molecule is NC(C(=O)O)C(N)c1ccc2c(c1)OCO2. The summed E-state index contributed by atoms with van der Waals surface area (Å²) in [4.78, 5) is 10.7. The maximum absolute atomic E-state index is 10.7. The molecule has 0 amide bonds. The van der Waals surface area contributed by atoms with E-state index in [0.717, 1.165) is 0 Å². The van der Waals surface area contributed by atoms with Crippen molar-refractivity contribution >= 4 is 5.97 Å². The second-order valence-corrected chi connectivity index (χ2v) is 3.50. The lowest BCUT2D eigenvalue weighted by molar-refractivity contribution is -0.139. The van der Waals surface area contributed by atoms with Crippen LogP contribution in [0.15, 0.2) is 18.2 Å². The predicted octanol–water partition coefficient (Wildman–Crippen LogP) is -0.173. The third kappa shape index (κ3) is 1.80. The molecule has 1 aromatic rings. The third-order valence-corrected chi connectivity index (χ3v) is 2.45. The Morgan fingerprint density at radius 3 is 2.69 bits per heavy atom. The molecule has 2 unspecified atom stereocenters. The van der Waals surface area contributed by atoms with Crippen LogP contribution in [0.1, 0.15) is 11.6 Å². The first-order valence-electron chi connectivity index (χ1n) is 4.73. The summed E-state index contributed by atoms with van der Waals surface area (Å²) in [5.74, 6) is 0.0514. The minimum atomic E-state index is -1.14. The van der Waals surface area contributed by atoms with E-state index in [2.05, 4.69) is 0 Å². The molecule has 0 fully saturated rings. The van der Waals surface area contributed by atoms with Crippen molar-refractivity contribution < 1.29 is 19.4 Å². The van der Waals surface area contributed by atoms with E-state index >= 15 is 0 Å². The van der Waals surface area contributed by atoms with Gasteiger partial charge >= 0.3 is 5.97 Å². The van der Waals surface area contributed by atoms with Crippen LogP contribution in [0.25, 0.3) is 0 Å². The van der Waals surface area contributed by atoms with Crippen molar-refractivity contribution in [3.05, 3.63) is 23.8 Å². The molecule has 1 aliphatic rings. The zero-order valence-corrected chi connectivity index (χ0v) is 8.42. The summed E-state index contributed by atoms with van der Waals surface area (Å²) in [6, 6.07) is 3.11. The Balaban J connectivity index is 2.24. The second-order valence-electron chi connectivity index (χ2n) is 3.50. The van der Waals surface area contributed by atoms with Crippen LogP contribution in [0.4, 0.5) is 0 Å². The van der Waals surface area contributed by atoms with Gasteiger partial charge in [-0.05, 0) is 17.7 Å². The van der Waals surface area contributed by atoms with Crippen LogP contribution < -0.4 is 20.9 Å². The van der Waals surface area contributed by atoms with Crippen LogP contribution in [0.5, 0.6) is 11.5 Å². The maximum atomic E-state index is 10.7. The molecule has 1 aliphatic heterocycles. The van der Waals surface area contributed by atoms with Gasteiger partial charge < -0.3 is 26.0 Å². The molecule has 2 rings (SSSR count). The van der Waals surface area contributed by atoms with E-state index in [1.165, 1.54) is 0 Å². The number of benzene rings is 1. The molecule has 0 spiro atoms. The van der Waals surface area contributed by atoms with E-state index in [1.807, 2.05) is 0 Å². The first-order chi connectivity index (χ1) is 7.59. The molecule has 1 aromatic carbocycles. The Kier molecular flexibility index (Phi) is 2.67. The topological polar surface area (TPSA) is 108 Å². The van der Waals surface area contributed by atoms with Gasteiger partial charge in [0.05, 0.1) is 6.04 Å². The smallest absolute Gasteiger partial charge is 0.322 e. The van der Waals surface area contributed by atoms with E-state index in [9.17, 15) is 4.79 Å². The van der Waals surface area contributed by atoms with Crippen LogP contribution in [0, 0.1) is 0 Å². The zero-order valence-electron chi connectivity index (χ0n) is 8.42. The van der Waals surface area contributed by atoms with Gasteiger partial charge in [-0.3, -0.25) is 4.79 Å². The monoisotopic (exact) mass is 224 g/mol. The van der Waals surface area contributed by atoms with Gasteiger partial charge in [0.25, 0.3) is 0 Å². The Labute approximate surface area is 91.7 Å². The molecule has 6 heteroatoms. The molecular weight excluding hydrogens is 212 g/mol. The highest BCUT2D eigenvalue weighted by Gasteiger charge is 2.24. The van der Waals surface area contributed by atoms with Gasteiger partial charge in [0.1, 0.15) is 6.04 Å². The fourth-order valence-corrected chi connectivity index (χ4v) is 1.48. The number of rotatable bonds is 3. The molecule has 0 saturated carbocycles. The molecule has 2 atom stereocenters. The number of nitrogens with two attached hydrogens (primary N) is 2. The maximum Gasteiger partial charge on any atom is 0.322 e. The van der Waals surface area contributed by atoms with Gasteiger partial charge in [0.2, 0.25) is 6.79 Å². The molecule has 0 saturated heterocycles. The Hall–Kier alpha value is -1.79. The number of ether oxygens (including phenoxy) is 2. The highest BCUT2D eigenvalue weighted by molar-refractivity contribution is 5.74. The van der Waals surface area contributed by atoms with E-state index in [4.69, 9.17) is 26.0 Å². The quantitative estimate of drug-likeness (QED) is 0.657. The number of fused-ring (bicyclic) bond motifs is 1. The Morgan fingerprint density at radius 1 is 1.31 bits per heavy atom. The van der Waals surface area contributed by atoms with Crippen molar-refractivity contribution in [1.29, 1.82) is 0 Å². The number of carboxylic acid groups (broad SMARTS) is 1. The first-order valence-corrected chi connectivity index (χ1v) is 4.73. The number of carbonyl (C=O) groups is 1. The molecular formula is C10H12N2O4. The Morgan fingerprint density at radius 2 is 2.00 bits per heavy atom. The van der Waals surface area contributed by atoms with Crippen molar-refractivity contribution in [2.45, 2.75) is 12.1 Å². The summed E-state index contributed by atoms with van der Waals surface area (Å²) in [6.07, 6.45) is 0. The van der Waals surface area contributed by atoms with E-state index in [-0.39, 0.29) is 6.79 Å². The summed E-state index contributed by atoms with van der Waals surface area (Å²) >= 11 is 0. The minimum absolute atomic E-state index is 0.166. The fourth-order valence-electron chi connectivity index (χ4n) is 1.48. The van der Waals surface area contributed by atoms with Crippen molar-refractivity contribution in [3.63, 3.8) is 0 Å². The van der Waals surface area contributed by atoms with E-state index in [1.54, 1.807) is 18.2 Å². The lowest BCUT2D eigenvalue weighted by atomic mass is 10.0. The van der Waals surface area contributed by atoms with Gasteiger partial charge in [-0.25, -0.2) is 0 Å². The van der Waals surface area contributed by atoms with Gasteiger partial charge in [0.15, 0.2) is 11.5 Å². The first kappa shape index (κ1) is 10.7. The predicted molar refractivity (Wildman–Crippen MR) is 55.1 cm³/mol. The average molecular weight is 224 g/mol. The average Bonchev–Trinajstić information content (AvgIpc) is 2.73. The summed E-state index contributed by atoms with van der Waals surface area (Å²) in [6.45, 7) is 0.166. The van der Waals surface area contributed by atoms with Crippen molar-refractivity contribution in [2.75, 3.05) is 6.79 Å². The molecule has 1 heterocycles. The molecule has 0 radical (unpaired) electrons. The van der Waals surface area contributed by atoms with Crippen molar-refractivity contribution in [1.82, 2.24) is 0 Å². The summed E-state index contributed by atoms with van der Waals surface area (Å²) < 4.78 is 10.3. The lowest BCUT2D eigenvalue weighted by Gasteiger charge is -2.16. The van der Waals surface area contributed by atoms with Crippen LogP contribution >= 0.6 is 0 Å². The van der Waals surface area contributed by atoms with Gasteiger partial charge in [0, 0.05) is 0 Å². The van der Waals surface area contributed by atoms with Crippen LogP contribution in [0.2, 0.25) is 0 Å². The van der Waals surface area contributed by atoms with Crippen LogP contribution in [0.3, 0.4) is 0 Å². The summed E-state index contributed by atoms with van der Waals surface area (Å²) in [7, 11) is 0. The van der Waals surface area contributed by atoms with Crippen molar-refractivity contribution in [2.24, 2.45) is 11.5 Å². The molecule has 6 nitrogen and oxygen atoms in total. The standard InChI is InChI=1S/C10H12N2O4/c11-8(9(12)10(13)14)5-1-2-6-7(3-5)16-4-15-6/h1-3,8-9H,4,11-12H2,(H,13,14). The van der Waals surface area contributed by atoms with E-state index < -0.39 is 18.1 Å². The minimum Gasteiger partial charge on any atom is -0.480 e.